The summed E-state index contributed by atoms with van der Waals surface area (Å²) in [5.41, 5.74) is 4.51. The van der Waals surface area contributed by atoms with Gasteiger partial charge in [-0.1, -0.05) is 18.2 Å². The zero-order valence-electron chi connectivity index (χ0n) is 13.6. The van der Waals surface area contributed by atoms with Crippen LogP contribution in [-0.4, -0.2) is 35.1 Å². The molecule has 4 aliphatic heterocycles. The van der Waals surface area contributed by atoms with Crippen LogP contribution < -0.4 is 5.32 Å². The molecule has 3 saturated heterocycles. The first-order chi connectivity index (χ1) is 11.4. The first-order valence-electron chi connectivity index (χ1n) is 9.50. The highest BCUT2D eigenvalue weighted by Gasteiger charge is 2.55. The highest BCUT2D eigenvalue weighted by molar-refractivity contribution is 5.85. The third-order valence-corrected chi connectivity index (χ3v) is 7.26. The van der Waals surface area contributed by atoms with Gasteiger partial charge in [-0.3, -0.25) is 4.90 Å². The van der Waals surface area contributed by atoms with Gasteiger partial charge in [-0.25, -0.2) is 0 Å². The highest BCUT2D eigenvalue weighted by atomic mass is 15.3. The summed E-state index contributed by atoms with van der Waals surface area (Å²) in [6.45, 7) is 2.50. The van der Waals surface area contributed by atoms with Gasteiger partial charge in [-0.2, -0.15) is 0 Å². The Morgan fingerprint density at radius 3 is 3.00 bits per heavy atom. The molecule has 2 bridgehead atoms. The van der Waals surface area contributed by atoms with Gasteiger partial charge in [0.1, 0.15) is 0 Å². The third kappa shape index (κ3) is 1.62. The van der Waals surface area contributed by atoms with Gasteiger partial charge < -0.3 is 10.3 Å². The molecule has 3 nitrogen and oxygen atoms in total. The van der Waals surface area contributed by atoms with Crippen LogP contribution in [0.2, 0.25) is 0 Å². The van der Waals surface area contributed by atoms with Crippen molar-refractivity contribution < 1.29 is 0 Å². The number of aromatic nitrogens is 1. The average Bonchev–Trinajstić information content (AvgIpc) is 3.01. The van der Waals surface area contributed by atoms with E-state index in [0.29, 0.717) is 6.04 Å². The molecule has 0 spiro atoms. The van der Waals surface area contributed by atoms with Gasteiger partial charge in [0.05, 0.1) is 6.04 Å². The molecule has 1 aromatic carbocycles. The molecule has 0 radical (unpaired) electrons. The van der Waals surface area contributed by atoms with Crippen molar-refractivity contribution in [3.05, 3.63) is 35.5 Å². The van der Waals surface area contributed by atoms with Gasteiger partial charge in [0.25, 0.3) is 0 Å². The van der Waals surface area contributed by atoms with Crippen LogP contribution in [0, 0.1) is 11.8 Å². The van der Waals surface area contributed by atoms with Crippen LogP contribution >= 0.6 is 0 Å². The fourth-order valence-electron chi connectivity index (χ4n) is 6.48. The zero-order chi connectivity index (χ0) is 15.0. The Morgan fingerprint density at radius 2 is 2.00 bits per heavy atom. The number of fused-ring (bicyclic) bond motifs is 4. The number of nitrogens with zero attached hydrogens (tertiary/aromatic N) is 1. The van der Waals surface area contributed by atoms with Crippen LogP contribution in [0.5, 0.6) is 0 Å². The van der Waals surface area contributed by atoms with Crippen LogP contribution in [0.1, 0.15) is 43.0 Å². The van der Waals surface area contributed by atoms with E-state index in [-0.39, 0.29) is 0 Å². The van der Waals surface area contributed by atoms with E-state index in [1.165, 1.54) is 56.1 Å². The number of para-hydroxylation sites is 1. The number of piperidine rings is 3. The van der Waals surface area contributed by atoms with Crippen LogP contribution in [-0.2, 0) is 6.42 Å². The Hall–Kier alpha value is -1.32. The summed E-state index contributed by atoms with van der Waals surface area (Å²) < 4.78 is 0. The second-order valence-corrected chi connectivity index (χ2v) is 8.09. The van der Waals surface area contributed by atoms with Crippen LogP contribution in [0.4, 0.5) is 0 Å². The smallest absolute Gasteiger partial charge is 0.0547 e. The van der Waals surface area contributed by atoms with Crippen molar-refractivity contribution in [2.75, 3.05) is 13.1 Å². The Balaban J connectivity index is 1.50. The standard InChI is InChI=1S/C20H25N3/c1-2-6-16-12(4-1)13-9-11-23-17-8-7-15(20(23)19(13)22-16)18-14(17)5-3-10-21-18/h1-2,4,6,14-15,17-18,20-22H,3,5,7-11H2/t14-,15-,17+,18+,20-/m1/s1. The van der Waals surface area contributed by atoms with Gasteiger partial charge >= 0.3 is 0 Å². The lowest BCUT2D eigenvalue weighted by Gasteiger charge is -2.61. The fourth-order valence-corrected chi connectivity index (χ4v) is 6.48. The van der Waals surface area contributed by atoms with Crippen molar-refractivity contribution >= 4 is 10.9 Å². The average molecular weight is 307 g/mol. The quantitative estimate of drug-likeness (QED) is 0.783. The normalized spacial score (nSPS) is 39.0. The lowest BCUT2D eigenvalue weighted by Crippen LogP contribution is -2.67. The van der Waals surface area contributed by atoms with Crippen molar-refractivity contribution in [2.24, 2.45) is 11.8 Å². The van der Waals surface area contributed by atoms with Crippen molar-refractivity contribution in [1.82, 2.24) is 15.2 Å². The molecule has 0 amide bonds. The highest BCUT2D eigenvalue weighted by Crippen LogP contribution is 2.54. The summed E-state index contributed by atoms with van der Waals surface area (Å²) >= 11 is 0. The molecule has 0 unspecified atom stereocenters. The van der Waals surface area contributed by atoms with E-state index in [1.54, 1.807) is 11.3 Å². The van der Waals surface area contributed by atoms with Crippen molar-refractivity contribution in [1.29, 1.82) is 0 Å². The van der Waals surface area contributed by atoms with E-state index in [4.69, 9.17) is 0 Å². The van der Waals surface area contributed by atoms with Gasteiger partial charge in [0, 0.05) is 35.2 Å². The SMILES string of the molecule is c1ccc2c3c([nH]c2c1)[C@H]1[C@@H]2CC[C@@H]([C@H]4CCCN[C@H]24)N1CC3. The minimum absolute atomic E-state index is 0.636. The van der Waals surface area contributed by atoms with Gasteiger partial charge in [-0.15, -0.1) is 0 Å². The second kappa shape index (κ2) is 4.61. The molecule has 1 aliphatic carbocycles. The lowest BCUT2D eigenvalue weighted by molar-refractivity contribution is -0.0920. The van der Waals surface area contributed by atoms with Gasteiger partial charge in [0.2, 0.25) is 0 Å². The van der Waals surface area contributed by atoms with Crippen molar-refractivity contribution in [3.8, 4) is 0 Å². The molecule has 7 rings (SSSR count). The zero-order valence-corrected chi connectivity index (χ0v) is 13.6. The fraction of sp³-hybridized carbons (Fsp3) is 0.600. The van der Waals surface area contributed by atoms with Crippen molar-refractivity contribution in [2.45, 2.75) is 50.2 Å². The topological polar surface area (TPSA) is 31.1 Å². The molecule has 2 N–H and O–H groups in total. The maximum atomic E-state index is 3.91. The maximum absolute atomic E-state index is 3.91. The largest absolute Gasteiger partial charge is 0.357 e. The summed E-state index contributed by atoms with van der Waals surface area (Å²) in [7, 11) is 0. The Kier molecular flexibility index (Phi) is 2.61. The molecule has 5 heterocycles. The summed E-state index contributed by atoms with van der Waals surface area (Å²) in [6.07, 6.45) is 6.89. The van der Waals surface area contributed by atoms with E-state index in [1.807, 2.05) is 0 Å². The molecule has 5 aliphatic rings. The summed E-state index contributed by atoms with van der Waals surface area (Å²) in [4.78, 5) is 6.72. The Morgan fingerprint density at radius 1 is 1.04 bits per heavy atom. The third-order valence-electron chi connectivity index (χ3n) is 7.26. The van der Waals surface area contributed by atoms with E-state index in [0.717, 1.165) is 23.9 Å². The Labute approximate surface area is 137 Å². The first-order valence-corrected chi connectivity index (χ1v) is 9.50. The molecular weight excluding hydrogens is 282 g/mol. The molecule has 3 heteroatoms. The van der Waals surface area contributed by atoms with Crippen LogP contribution in [0.3, 0.4) is 0 Å². The molecule has 4 fully saturated rings. The summed E-state index contributed by atoms with van der Waals surface area (Å²) in [5.74, 6) is 1.71. The van der Waals surface area contributed by atoms with Gasteiger partial charge in [-0.05, 0) is 62.1 Å². The molecule has 23 heavy (non-hydrogen) atoms. The molecule has 120 valence electrons. The number of nitrogens with one attached hydrogen (secondary N) is 2. The summed E-state index contributed by atoms with van der Waals surface area (Å²) in [6, 6.07) is 11.1. The van der Waals surface area contributed by atoms with E-state index in [9.17, 15) is 0 Å². The minimum atomic E-state index is 0.636. The second-order valence-electron chi connectivity index (χ2n) is 8.09. The van der Waals surface area contributed by atoms with Crippen LogP contribution in [0.25, 0.3) is 10.9 Å². The molecule has 1 saturated carbocycles. The van der Waals surface area contributed by atoms with Gasteiger partial charge in [0.15, 0.2) is 0 Å². The number of benzene rings is 1. The van der Waals surface area contributed by atoms with E-state index in [2.05, 4.69) is 39.5 Å². The van der Waals surface area contributed by atoms with Crippen molar-refractivity contribution in [3.63, 3.8) is 0 Å². The molecule has 2 aromatic rings. The number of H-pyrrole nitrogens is 1. The number of aromatic amines is 1. The predicted molar refractivity (Wildman–Crippen MR) is 92.5 cm³/mol. The number of hydrogen-bond acceptors (Lipinski definition) is 2. The number of hydrogen-bond donors (Lipinski definition) is 2. The molecular formula is C20H25N3. The lowest BCUT2D eigenvalue weighted by atomic mass is 9.61. The number of rotatable bonds is 0. The minimum Gasteiger partial charge on any atom is -0.357 e. The Bertz CT molecular complexity index is 763. The predicted octanol–water partition coefficient (Wildman–Crippen LogP) is 3.23. The summed E-state index contributed by atoms with van der Waals surface area (Å²) in [5, 5.41) is 5.38. The molecule has 1 aromatic heterocycles. The maximum Gasteiger partial charge on any atom is 0.0547 e. The monoisotopic (exact) mass is 307 g/mol. The van der Waals surface area contributed by atoms with Crippen LogP contribution in [0.15, 0.2) is 24.3 Å². The van der Waals surface area contributed by atoms with E-state index >= 15 is 0 Å². The first kappa shape index (κ1) is 13.0. The van der Waals surface area contributed by atoms with E-state index < -0.39 is 0 Å². The molecule has 5 atom stereocenters.